The Hall–Kier alpha value is -1.75. The minimum atomic E-state index is -0.941. The molecule has 0 aliphatic heterocycles. The SMILES string of the molecule is CC(C)Cc1nc(Cc2cccc(F)c2)sc1C(=O)O. The summed E-state index contributed by atoms with van der Waals surface area (Å²) in [5.74, 6) is -0.888. The first-order chi connectivity index (χ1) is 9.45. The highest BCUT2D eigenvalue weighted by atomic mass is 32.1. The normalized spacial score (nSPS) is 11.0. The number of halogens is 1. The molecule has 0 bridgehead atoms. The van der Waals surface area contributed by atoms with E-state index in [1.807, 2.05) is 19.9 Å². The molecule has 2 aromatic rings. The summed E-state index contributed by atoms with van der Waals surface area (Å²) in [6, 6.07) is 6.29. The molecule has 0 saturated heterocycles. The fourth-order valence-electron chi connectivity index (χ4n) is 1.99. The molecule has 20 heavy (non-hydrogen) atoms. The predicted octanol–water partition coefficient (Wildman–Crippen LogP) is 3.77. The van der Waals surface area contributed by atoms with Crippen LogP contribution in [0.2, 0.25) is 0 Å². The van der Waals surface area contributed by atoms with E-state index in [2.05, 4.69) is 4.98 Å². The van der Waals surface area contributed by atoms with Gasteiger partial charge in [-0.15, -0.1) is 11.3 Å². The predicted molar refractivity (Wildman–Crippen MR) is 76.8 cm³/mol. The van der Waals surface area contributed by atoms with Gasteiger partial charge in [-0.1, -0.05) is 26.0 Å². The number of aromatic nitrogens is 1. The first-order valence-corrected chi connectivity index (χ1v) is 7.23. The summed E-state index contributed by atoms with van der Waals surface area (Å²) in [7, 11) is 0. The maximum atomic E-state index is 13.1. The molecule has 0 aliphatic rings. The molecule has 1 heterocycles. The third-order valence-corrected chi connectivity index (χ3v) is 3.87. The Morgan fingerprint density at radius 3 is 2.80 bits per heavy atom. The molecule has 0 amide bonds. The van der Waals surface area contributed by atoms with Crippen LogP contribution < -0.4 is 0 Å². The molecule has 0 saturated carbocycles. The van der Waals surface area contributed by atoms with Gasteiger partial charge in [0.25, 0.3) is 0 Å². The van der Waals surface area contributed by atoms with Crippen molar-refractivity contribution in [3.8, 4) is 0 Å². The van der Waals surface area contributed by atoms with Crippen LogP contribution in [0.1, 0.15) is 39.8 Å². The minimum Gasteiger partial charge on any atom is -0.477 e. The zero-order valence-electron chi connectivity index (χ0n) is 11.4. The van der Waals surface area contributed by atoms with E-state index in [-0.39, 0.29) is 5.82 Å². The second-order valence-electron chi connectivity index (χ2n) is 5.09. The zero-order valence-corrected chi connectivity index (χ0v) is 12.2. The van der Waals surface area contributed by atoms with Gasteiger partial charge in [-0.05, 0) is 30.0 Å². The molecule has 106 valence electrons. The standard InChI is InChI=1S/C15H16FNO2S/c1-9(2)6-12-14(15(18)19)20-13(17-12)8-10-4-3-5-11(16)7-10/h3-5,7,9H,6,8H2,1-2H3,(H,18,19). The highest BCUT2D eigenvalue weighted by molar-refractivity contribution is 7.13. The van der Waals surface area contributed by atoms with Crippen LogP contribution in [0.15, 0.2) is 24.3 Å². The van der Waals surface area contributed by atoms with E-state index in [0.29, 0.717) is 34.3 Å². The van der Waals surface area contributed by atoms with Crippen molar-refractivity contribution >= 4 is 17.3 Å². The molecule has 0 unspecified atom stereocenters. The Morgan fingerprint density at radius 1 is 1.45 bits per heavy atom. The minimum absolute atomic E-state index is 0.292. The van der Waals surface area contributed by atoms with Crippen LogP contribution in [0, 0.1) is 11.7 Å². The monoisotopic (exact) mass is 293 g/mol. The molecule has 5 heteroatoms. The Kier molecular flexibility index (Phi) is 4.49. The van der Waals surface area contributed by atoms with Gasteiger partial charge in [0.2, 0.25) is 0 Å². The Morgan fingerprint density at radius 2 is 2.20 bits per heavy atom. The van der Waals surface area contributed by atoms with Crippen molar-refractivity contribution in [2.24, 2.45) is 5.92 Å². The molecule has 0 aliphatic carbocycles. The molecule has 1 aromatic heterocycles. The first-order valence-electron chi connectivity index (χ1n) is 6.42. The highest BCUT2D eigenvalue weighted by Gasteiger charge is 2.18. The molecule has 0 spiro atoms. The Balaban J connectivity index is 2.26. The van der Waals surface area contributed by atoms with Gasteiger partial charge in [0.15, 0.2) is 0 Å². The molecule has 1 aromatic carbocycles. The Labute approximate surface area is 121 Å². The maximum Gasteiger partial charge on any atom is 0.347 e. The van der Waals surface area contributed by atoms with Crippen LogP contribution in [0.25, 0.3) is 0 Å². The average molecular weight is 293 g/mol. The van der Waals surface area contributed by atoms with Crippen LogP contribution >= 0.6 is 11.3 Å². The molecule has 3 nitrogen and oxygen atoms in total. The van der Waals surface area contributed by atoms with E-state index < -0.39 is 5.97 Å². The summed E-state index contributed by atoms with van der Waals surface area (Å²) in [5, 5.41) is 9.92. The molecule has 0 atom stereocenters. The van der Waals surface area contributed by atoms with Crippen molar-refractivity contribution in [1.82, 2.24) is 4.98 Å². The summed E-state index contributed by atoms with van der Waals surface area (Å²) < 4.78 is 13.1. The van der Waals surface area contributed by atoms with Gasteiger partial charge >= 0.3 is 5.97 Å². The summed E-state index contributed by atoms with van der Waals surface area (Å²) in [4.78, 5) is 15.9. The number of benzene rings is 1. The van der Waals surface area contributed by atoms with Crippen LogP contribution in [0.4, 0.5) is 4.39 Å². The van der Waals surface area contributed by atoms with Gasteiger partial charge in [0, 0.05) is 6.42 Å². The summed E-state index contributed by atoms with van der Waals surface area (Å²) >= 11 is 1.18. The first kappa shape index (κ1) is 14.7. The van der Waals surface area contributed by atoms with E-state index in [9.17, 15) is 14.3 Å². The number of carbonyl (C=O) groups is 1. The van der Waals surface area contributed by atoms with Crippen LogP contribution in [-0.2, 0) is 12.8 Å². The van der Waals surface area contributed by atoms with E-state index >= 15 is 0 Å². The van der Waals surface area contributed by atoms with Gasteiger partial charge in [0.1, 0.15) is 10.7 Å². The fraction of sp³-hybridized carbons (Fsp3) is 0.333. The number of hydrogen-bond donors (Lipinski definition) is 1. The topological polar surface area (TPSA) is 50.2 Å². The van der Waals surface area contributed by atoms with Crippen molar-refractivity contribution < 1.29 is 14.3 Å². The second-order valence-corrected chi connectivity index (χ2v) is 6.18. The molecule has 2 rings (SSSR count). The van der Waals surface area contributed by atoms with Crippen LogP contribution in [0.3, 0.4) is 0 Å². The van der Waals surface area contributed by atoms with E-state index in [1.165, 1.54) is 23.5 Å². The van der Waals surface area contributed by atoms with Crippen molar-refractivity contribution in [1.29, 1.82) is 0 Å². The van der Waals surface area contributed by atoms with Crippen molar-refractivity contribution in [2.75, 3.05) is 0 Å². The highest BCUT2D eigenvalue weighted by Crippen LogP contribution is 2.23. The lowest BCUT2D eigenvalue weighted by molar-refractivity contribution is 0.0700. The number of thiazole rings is 1. The van der Waals surface area contributed by atoms with Gasteiger partial charge < -0.3 is 5.11 Å². The number of carboxylic acid groups (broad SMARTS) is 1. The number of hydrogen-bond acceptors (Lipinski definition) is 3. The largest absolute Gasteiger partial charge is 0.477 e. The molecule has 1 N–H and O–H groups in total. The van der Waals surface area contributed by atoms with Crippen molar-refractivity contribution in [3.63, 3.8) is 0 Å². The van der Waals surface area contributed by atoms with Gasteiger partial charge in [-0.2, -0.15) is 0 Å². The third-order valence-electron chi connectivity index (χ3n) is 2.78. The van der Waals surface area contributed by atoms with Crippen molar-refractivity contribution in [3.05, 3.63) is 51.2 Å². The van der Waals surface area contributed by atoms with Gasteiger partial charge in [-0.25, -0.2) is 14.2 Å². The maximum absolute atomic E-state index is 13.1. The molecule has 0 radical (unpaired) electrons. The molecular weight excluding hydrogens is 277 g/mol. The number of carboxylic acids is 1. The number of nitrogens with zero attached hydrogens (tertiary/aromatic N) is 1. The fourth-order valence-corrected chi connectivity index (χ4v) is 2.95. The lowest BCUT2D eigenvalue weighted by atomic mass is 10.1. The summed E-state index contributed by atoms with van der Waals surface area (Å²) in [6.45, 7) is 4.05. The van der Waals surface area contributed by atoms with Crippen molar-refractivity contribution in [2.45, 2.75) is 26.7 Å². The second kappa shape index (κ2) is 6.13. The van der Waals surface area contributed by atoms with E-state index in [0.717, 1.165) is 5.56 Å². The Bertz CT molecular complexity index is 622. The van der Waals surface area contributed by atoms with Crippen LogP contribution in [0.5, 0.6) is 0 Å². The van der Waals surface area contributed by atoms with Gasteiger partial charge in [0.05, 0.1) is 10.7 Å². The lowest BCUT2D eigenvalue weighted by Gasteiger charge is -2.01. The van der Waals surface area contributed by atoms with Gasteiger partial charge in [-0.3, -0.25) is 0 Å². The zero-order chi connectivity index (χ0) is 14.7. The summed E-state index contributed by atoms with van der Waals surface area (Å²) in [6.07, 6.45) is 1.10. The summed E-state index contributed by atoms with van der Waals surface area (Å²) in [5.41, 5.74) is 1.43. The number of aromatic carboxylic acids is 1. The van der Waals surface area contributed by atoms with Crippen LogP contribution in [-0.4, -0.2) is 16.1 Å². The smallest absolute Gasteiger partial charge is 0.347 e. The third kappa shape index (κ3) is 3.63. The quantitative estimate of drug-likeness (QED) is 0.913. The van der Waals surface area contributed by atoms with E-state index in [4.69, 9.17) is 0 Å². The average Bonchev–Trinajstić information content (AvgIpc) is 2.71. The lowest BCUT2D eigenvalue weighted by Crippen LogP contribution is -2.02. The number of rotatable bonds is 5. The van der Waals surface area contributed by atoms with E-state index in [1.54, 1.807) is 6.07 Å². The molecular formula is C15H16FNO2S. The molecule has 0 fully saturated rings.